The maximum Gasteiger partial charge on any atom is 0.0451 e. The third kappa shape index (κ3) is 3.97. The van der Waals surface area contributed by atoms with E-state index in [2.05, 4.69) is 64.9 Å². The Kier molecular flexibility index (Phi) is 5.03. The van der Waals surface area contributed by atoms with Crippen LogP contribution < -0.4 is 0 Å². The quantitative estimate of drug-likeness (QED) is 0.711. The summed E-state index contributed by atoms with van der Waals surface area (Å²) in [6.45, 7) is 1.80. The lowest BCUT2D eigenvalue weighted by molar-refractivity contribution is 0.319. The van der Waals surface area contributed by atoms with Gasteiger partial charge in [-0.15, -0.1) is 0 Å². The average molecular weight is 372 g/mol. The van der Waals surface area contributed by atoms with Crippen molar-refractivity contribution in [2.45, 2.75) is 13.1 Å². The van der Waals surface area contributed by atoms with Crippen molar-refractivity contribution in [3.63, 3.8) is 0 Å². The van der Waals surface area contributed by atoms with Crippen LogP contribution in [-0.4, -0.2) is 11.9 Å². The van der Waals surface area contributed by atoms with Crippen LogP contribution in [0.15, 0.2) is 48.5 Å². The van der Waals surface area contributed by atoms with Crippen LogP contribution in [0, 0.1) is 3.57 Å². The second kappa shape index (κ2) is 6.55. The Morgan fingerprint density at radius 1 is 1.00 bits per heavy atom. The molecule has 1 nitrogen and oxygen atoms in total. The maximum atomic E-state index is 6.16. The van der Waals surface area contributed by atoms with Gasteiger partial charge in [0, 0.05) is 21.7 Å². The molecule has 0 aliphatic carbocycles. The smallest absolute Gasteiger partial charge is 0.0451 e. The standard InChI is InChI=1S/C15H15ClIN/c1-18(10-12-6-8-14(17)9-7-12)11-13-4-2-3-5-15(13)16/h2-9H,10-11H2,1H3. The van der Waals surface area contributed by atoms with Crippen molar-refractivity contribution in [1.82, 2.24) is 4.90 Å². The summed E-state index contributed by atoms with van der Waals surface area (Å²) >= 11 is 8.49. The van der Waals surface area contributed by atoms with Gasteiger partial charge in [0.25, 0.3) is 0 Å². The third-order valence-corrected chi connectivity index (χ3v) is 3.85. The zero-order valence-corrected chi connectivity index (χ0v) is 13.1. The summed E-state index contributed by atoms with van der Waals surface area (Å²) in [5.74, 6) is 0. The predicted octanol–water partition coefficient (Wildman–Crippen LogP) is 4.58. The molecule has 3 heteroatoms. The normalized spacial score (nSPS) is 10.9. The Hall–Kier alpha value is -0.580. The predicted molar refractivity (Wildman–Crippen MR) is 85.8 cm³/mol. The van der Waals surface area contributed by atoms with Crippen LogP contribution in [0.5, 0.6) is 0 Å². The van der Waals surface area contributed by atoms with Crippen LogP contribution >= 0.6 is 34.2 Å². The van der Waals surface area contributed by atoms with Crippen molar-refractivity contribution >= 4 is 34.2 Å². The van der Waals surface area contributed by atoms with Gasteiger partial charge >= 0.3 is 0 Å². The summed E-state index contributed by atoms with van der Waals surface area (Å²) in [7, 11) is 2.11. The zero-order valence-electron chi connectivity index (χ0n) is 10.2. The lowest BCUT2D eigenvalue weighted by Crippen LogP contribution is -2.17. The van der Waals surface area contributed by atoms with Gasteiger partial charge in [0.05, 0.1) is 0 Å². The first-order chi connectivity index (χ1) is 8.65. The number of benzene rings is 2. The minimum atomic E-state index is 0.840. The second-order valence-corrected chi connectivity index (χ2v) is 6.04. The van der Waals surface area contributed by atoms with Gasteiger partial charge in [0.1, 0.15) is 0 Å². The molecule has 2 aromatic carbocycles. The highest BCUT2D eigenvalue weighted by atomic mass is 127. The first kappa shape index (κ1) is 13.8. The van der Waals surface area contributed by atoms with E-state index in [4.69, 9.17) is 11.6 Å². The van der Waals surface area contributed by atoms with E-state index in [1.807, 2.05) is 18.2 Å². The molecule has 0 fully saturated rings. The molecule has 0 aliphatic rings. The molecule has 0 unspecified atom stereocenters. The lowest BCUT2D eigenvalue weighted by Gasteiger charge is -2.17. The van der Waals surface area contributed by atoms with E-state index in [1.165, 1.54) is 14.7 Å². The molecule has 0 heterocycles. The number of hydrogen-bond acceptors (Lipinski definition) is 1. The summed E-state index contributed by atoms with van der Waals surface area (Å²) in [4.78, 5) is 2.27. The van der Waals surface area contributed by atoms with Gasteiger partial charge in [0.15, 0.2) is 0 Å². The molecule has 0 bridgehead atoms. The molecular weight excluding hydrogens is 357 g/mol. The monoisotopic (exact) mass is 371 g/mol. The van der Waals surface area contributed by atoms with Gasteiger partial charge in [-0.3, -0.25) is 4.90 Å². The van der Waals surface area contributed by atoms with E-state index >= 15 is 0 Å². The maximum absolute atomic E-state index is 6.16. The molecule has 0 atom stereocenters. The number of hydrogen-bond donors (Lipinski definition) is 0. The topological polar surface area (TPSA) is 3.24 Å². The minimum absolute atomic E-state index is 0.840. The molecule has 18 heavy (non-hydrogen) atoms. The Morgan fingerprint density at radius 2 is 1.67 bits per heavy atom. The lowest BCUT2D eigenvalue weighted by atomic mass is 10.2. The Morgan fingerprint density at radius 3 is 2.33 bits per heavy atom. The summed E-state index contributed by atoms with van der Waals surface area (Å²) in [5, 5.41) is 0.840. The molecule has 0 saturated carbocycles. The SMILES string of the molecule is CN(Cc1ccc(I)cc1)Cc1ccccc1Cl. The Balaban J connectivity index is 1.99. The zero-order chi connectivity index (χ0) is 13.0. The van der Waals surface area contributed by atoms with E-state index in [9.17, 15) is 0 Å². The molecule has 0 aromatic heterocycles. The number of rotatable bonds is 4. The van der Waals surface area contributed by atoms with E-state index in [1.54, 1.807) is 0 Å². The highest BCUT2D eigenvalue weighted by Gasteiger charge is 2.04. The van der Waals surface area contributed by atoms with Crippen molar-refractivity contribution in [3.05, 3.63) is 68.3 Å². The van der Waals surface area contributed by atoms with Gasteiger partial charge < -0.3 is 0 Å². The second-order valence-electron chi connectivity index (χ2n) is 4.39. The van der Waals surface area contributed by atoms with E-state index in [0.717, 1.165) is 18.1 Å². The molecule has 0 N–H and O–H groups in total. The minimum Gasteiger partial charge on any atom is -0.298 e. The molecule has 0 spiro atoms. The van der Waals surface area contributed by atoms with Gasteiger partial charge in [-0.05, 0) is 59.0 Å². The first-order valence-corrected chi connectivity index (χ1v) is 7.27. The van der Waals surface area contributed by atoms with E-state index in [-0.39, 0.29) is 0 Å². The molecule has 2 aromatic rings. The molecular formula is C15H15ClIN. The van der Waals surface area contributed by atoms with Crippen LogP contribution in [0.1, 0.15) is 11.1 Å². The van der Waals surface area contributed by atoms with Gasteiger partial charge in [-0.1, -0.05) is 41.9 Å². The number of halogens is 2. The molecule has 0 radical (unpaired) electrons. The van der Waals surface area contributed by atoms with Gasteiger partial charge in [-0.2, -0.15) is 0 Å². The molecule has 94 valence electrons. The highest BCUT2D eigenvalue weighted by molar-refractivity contribution is 14.1. The first-order valence-electron chi connectivity index (χ1n) is 5.81. The summed E-state index contributed by atoms with van der Waals surface area (Å²) in [6.07, 6.45) is 0. The van der Waals surface area contributed by atoms with Crippen molar-refractivity contribution in [2.75, 3.05) is 7.05 Å². The van der Waals surface area contributed by atoms with Gasteiger partial charge in [0.2, 0.25) is 0 Å². The van der Waals surface area contributed by atoms with Crippen LogP contribution in [0.3, 0.4) is 0 Å². The van der Waals surface area contributed by atoms with Crippen molar-refractivity contribution in [3.8, 4) is 0 Å². The summed E-state index contributed by atoms with van der Waals surface area (Å²) in [5.41, 5.74) is 2.50. The highest BCUT2D eigenvalue weighted by Crippen LogP contribution is 2.17. The Labute approximate surface area is 127 Å². The third-order valence-electron chi connectivity index (χ3n) is 2.76. The van der Waals surface area contributed by atoms with Crippen molar-refractivity contribution in [2.24, 2.45) is 0 Å². The molecule has 0 saturated heterocycles. The Bertz CT molecular complexity index is 510. The van der Waals surface area contributed by atoms with E-state index in [0.29, 0.717) is 0 Å². The molecule has 0 amide bonds. The van der Waals surface area contributed by atoms with E-state index < -0.39 is 0 Å². The van der Waals surface area contributed by atoms with Crippen LogP contribution in [-0.2, 0) is 13.1 Å². The largest absolute Gasteiger partial charge is 0.298 e. The van der Waals surface area contributed by atoms with Gasteiger partial charge in [-0.25, -0.2) is 0 Å². The fourth-order valence-corrected chi connectivity index (χ4v) is 2.43. The summed E-state index contributed by atoms with van der Waals surface area (Å²) in [6, 6.07) is 16.6. The van der Waals surface area contributed by atoms with Crippen LogP contribution in [0.2, 0.25) is 5.02 Å². The van der Waals surface area contributed by atoms with Crippen molar-refractivity contribution < 1.29 is 0 Å². The fourth-order valence-electron chi connectivity index (χ4n) is 1.87. The van der Waals surface area contributed by atoms with Crippen LogP contribution in [0.4, 0.5) is 0 Å². The summed E-state index contributed by atoms with van der Waals surface area (Å²) < 4.78 is 1.27. The average Bonchev–Trinajstić information content (AvgIpc) is 2.35. The van der Waals surface area contributed by atoms with Crippen molar-refractivity contribution in [1.29, 1.82) is 0 Å². The fraction of sp³-hybridized carbons (Fsp3) is 0.200. The molecule has 2 rings (SSSR count). The number of nitrogens with zero attached hydrogens (tertiary/aromatic N) is 1. The molecule has 0 aliphatic heterocycles. The van der Waals surface area contributed by atoms with Crippen LogP contribution in [0.25, 0.3) is 0 Å².